The molecule has 0 heterocycles. The van der Waals surface area contributed by atoms with E-state index in [4.69, 9.17) is 15.0 Å². The molecule has 0 aromatic rings. The van der Waals surface area contributed by atoms with Crippen LogP contribution in [0.3, 0.4) is 0 Å². The number of hydrogen-bond donors (Lipinski definition) is 1. The number of aliphatic hydroxyl groups is 1. The third-order valence-corrected chi connectivity index (χ3v) is 0. The molecule has 3 nitrogen and oxygen atoms in total. The molecule has 45 valence electrons. The summed E-state index contributed by atoms with van der Waals surface area (Å²) in [6.07, 6.45) is 0. The van der Waals surface area contributed by atoms with Crippen molar-refractivity contribution < 1.29 is 42.7 Å². The summed E-state index contributed by atoms with van der Waals surface area (Å²) in [4.78, 5) is 8.89. The smallest absolute Gasteiger partial charge is 0.550 e. The maximum absolute atomic E-state index is 8.89. The van der Waals surface area contributed by atoms with Gasteiger partial charge in [-0.2, -0.15) is 0 Å². The molecule has 0 unspecified atom stereocenters. The summed E-state index contributed by atoms with van der Waals surface area (Å²) < 4.78 is 0. The first-order valence-electron chi connectivity index (χ1n) is 1.93. The van der Waals surface area contributed by atoms with Crippen LogP contribution in [0.25, 0.3) is 0 Å². The van der Waals surface area contributed by atoms with Crippen molar-refractivity contribution in [2.75, 3.05) is 6.61 Å². The molecule has 0 bridgehead atoms. The zero-order valence-electron chi connectivity index (χ0n) is 5.18. The van der Waals surface area contributed by atoms with Crippen LogP contribution in [0.5, 0.6) is 0 Å². The van der Waals surface area contributed by atoms with Crippen LogP contribution in [0.15, 0.2) is 0 Å². The second-order valence-corrected chi connectivity index (χ2v) is 0.808. The Labute approximate surface area is 69.2 Å². The summed E-state index contributed by atoms with van der Waals surface area (Å²) in [6.45, 7) is 2.90. The molecule has 0 saturated carbocycles. The summed E-state index contributed by atoms with van der Waals surface area (Å²) in [6, 6.07) is 0. The molecule has 0 aliphatic rings. The molecule has 0 amide bonds. The van der Waals surface area contributed by atoms with Crippen LogP contribution in [0.2, 0.25) is 0 Å². The summed E-state index contributed by atoms with van der Waals surface area (Å²) in [5.74, 6) is -1.08. The van der Waals surface area contributed by atoms with Gasteiger partial charge in [0.25, 0.3) is 0 Å². The largest absolute Gasteiger partial charge is 1.00 e. The minimum atomic E-state index is -1.08. The number of aliphatic hydroxyl groups excluding tert-OH is 1. The van der Waals surface area contributed by atoms with Crippen LogP contribution >= 0.6 is 0 Å². The molecule has 0 spiro atoms. The summed E-state index contributed by atoms with van der Waals surface area (Å²) in [5, 5.41) is 16.5. The Morgan fingerprint density at radius 3 is 1.75 bits per heavy atom. The number of carbonyl (C=O) groups is 1. The molecule has 0 aliphatic heterocycles. The third-order valence-electron chi connectivity index (χ3n) is 0. The minimum Gasteiger partial charge on any atom is -0.550 e. The van der Waals surface area contributed by atoms with Crippen LogP contribution in [-0.2, 0) is 32.5 Å². The Morgan fingerprint density at radius 2 is 1.75 bits per heavy atom. The van der Waals surface area contributed by atoms with Gasteiger partial charge in [-0.3, -0.25) is 0 Å². The van der Waals surface area contributed by atoms with Crippen LogP contribution in [-0.4, -0.2) is 17.7 Å². The van der Waals surface area contributed by atoms with Gasteiger partial charge in [0, 0.05) is 12.6 Å². The Hall–Kier alpha value is 0.365. The van der Waals surface area contributed by atoms with E-state index >= 15 is 0 Å². The predicted molar refractivity (Wildman–Crippen MR) is 23.4 cm³/mol. The first-order valence-corrected chi connectivity index (χ1v) is 1.93. The summed E-state index contributed by atoms with van der Waals surface area (Å²) in [5.41, 5.74) is 0. The Kier molecular flexibility index (Phi) is 30.9. The van der Waals surface area contributed by atoms with Crippen LogP contribution in [0.1, 0.15) is 13.8 Å². The number of rotatable bonds is 0. The van der Waals surface area contributed by atoms with Gasteiger partial charge in [0.05, 0.1) is 0 Å². The second kappa shape index (κ2) is 15.7. The molecule has 0 atom stereocenters. The van der Waals surface area contributed by atoms with Gasteiger partial charge in [-0.25, -0.2) is 0 Å². The van der Waals surface area contributed by atoms with Crippen molar-refractivity contribution in [1.29, 1.82) is 0 Å². The fourth-order valence-electron chi connectivity index (χ4n) is 0. The molecule has 0 aliphatic carbocycles. The Balaban J connectivity index is -0.0000000575. The van der Waals surface area contributed by atoms with Crippen molar-refractivity contribution in [3.05, 3.63) is 0 Å². The van der Waals surface area contributed by atoms with E-state index in [0.717, 1.165) is 6.92 Å². The first kappa shape index (κ1) is 15.8. The molecular formula is C4H9HgO3. The number of hydrogen-bond acceptors (Lipinski definition) is 3. The quantitative estimate of drug-likeness (QED) is 0.569. The molecule has 4 heteroatoms. The molecule has 0 aromatic carbocycles. The van der Waals surface area contributed by atoms with Crippen molar-refractivity contribution >= 4 is 5.97 Å². The monoisotopic (exact) mass is 307 g/mol. The number of carbonyl (C=O) groups excluding carboxylic acids is 1. The van der Waals surface area contributed by atoms with Gasteiger partial charge in [0.1, 0.15) is 0 Å². The minimum absolute atomic E-state index is 0. The van der Waals surface area contributed by atoms with Crippen molar-refractivity contribution in [1.82, 2.24) is 0 Å². The fraction of sp³-hybridized carbons (Fsp3) is 0.750. The zero-order valence-corrected chi connectivity index (χ0v) is 10.7. The van der Waals surface area contributed by atoms with E-state index in [2.05, 4.69) is 0 Å². The molecule has 0 fully saturated rings. The number of carboxylic acid groups (broad SMARTS) is 1. The Bertz CT molecular complexity index is 42.5. The first-order chi connectivity index (χ1) is 3.15. The van der Waals surface area contributed by atoms with Crippen LogP contribution in [0, 0.1) is 0 Å². The average molecular weight is 306 g/mol. The van der Waals surface area contributed by atoms with E-state index in [1.807, 2.05) is 0 Å². The van der Waals surface area contributed by atoms with Crippen molar-refractivity contribution in [2.24, 2.45) is 0 Å². The zero-order chi connectivity index (χ0) is 6.28. The molecule has 0 saturated heterocycles. The average Bonchev–Trinajstić information content (AvgIpc) is 1.33. The SMILES string of the molecule is CC(=O)[O-].CCO.[Hg+]. The topological polar surface area (TPSA) is 60.4 Å². The van der Waals surface area contributed by atoms with Gasteiger partial charge >= 0.3 is 27.7 Å². The maximum Gasteiger partial charge on any atom is 1.00 e. The van der Waals surface area contributed by atoms with E-state index < -0.39 is 5.97 Å². The van der Waals surface area contributed by atoms with E-state index in [1.54, 1.807) is 6.92 Å². The molecule has 8 heavy (non-hydrogen) atoms. The summed E-state index contributed by atoms with van der Waals surface area (Å²) in [7, 11) is 0. The Morgan fingerprint density at radius 1 is 1.75 bits per heavy atom. The van der Waals surface area contributed by atoms with E-state index in [1.165, 1.54) is 0 Å². The number of aliphatic carboxylic acids is 1. The van der Waals surface area contributed by atoms with Gasteiger partial charge in [-0.15, -0.1) is 0 Å². The van der Waals surface area contributed by atoms with Crippen molar-refractivity contribution in [3.8, 4) is 0 Å². The third kappa shape index (κ3) is 1370. The second-order valence-electron chi connectivity index (χ2n) is 0.808. The standard InChI is InChI=1S/C2H4O2.C2H6O.Hg/c1-2(3)4;1-2-3;/h1H3,(H,3,4);3H,2H2,1H3;/q;;+1/p-1. The number of carboxylic acids is 1. The van der Waals surface area contributed by atoms with Gasteiger partial charge in [-0.1, -0.05) is 0 Å². The van der Waals surface area contributed by atoms with E-state index in [0.29, 0.717) is 0 Å². The van der Waals surface area contributed by atoms with Gasteiger partial charge < -0.3 is 15.0 Å². The molecule has 0 aromatic heterocycles. The molecule has 0 rings (SSSR count). The summed E-state index contributed by atoms with van der Waals surface area (Å²) >= 11 is 0. The predicted octanol–water partition coefficient (Wildman–Crippen LogP) is -1.25. The molecule has 1 N–H and O–H groups in total. The maximum atomic E-state index is 8.89. The van der Waals surface area contributed by atoms with Crippen LogP contribution in [0.4, 0.5) is 0 Å². The molecular weight excluding hydrogens is 297 g/mol. The van der Waals surface area contributed by atoms with E-state index in [9.17, 15) is 0 Å². The van der Waals surface area contributed by atoms with E-state index in [-0.39, 0.29) is 34.3 Å². The van der Waals surface area contributed by atoms with Gasteiger partial charge in [0.2, 0.25) is 0 Å². The van der Waals surface area contributed by atoms with Crippen molar-refractivity contribution in [3.63, 3.8) is 0 Å². The van der Waals surface area contributed by atoms with Crippen LogP contribution < -0.4 is 5.11 Å². The molecule has 1 radical (unpaired) electrons. The van der Waals surface area contributed by atoms with Gasteiger partial charge in [-0.05, 0) is 13.8 Å². The normalized spacial score (nSPS) is 5.38. The van der Waals surface area contributed by atoms with Gasteiger partial charge in [0.15, 0.2) is 0 Å². The fourth-order valence-corrected chi connectivity index (χ4v) is 0. The van der Waals surface area contributed by atoms with Crippen molar-refractivity contribution in [2.45, 2.75) is 13.8 Å².